The summed E-state index contributed by atoms with van der Waals surface area (Å²) in [4.78, 5) is 10.8. The molecule has 0 saturated carbocycles. The fourth-order valence-electron chi connectivity index (χ4n) is 0.988. The zero-order chi connectivity index (χ0) is 12.2. The van der Waals surface area contributed by atoms with E-state index < -0.39 is 16.1 Å². The molecule has 88 valence electrons. The molecule has 0 radical (unpaired) electrons. The molecule has 0 heterocycles. The summed E-state index contributed by atoms with van der Waals surface area (Å²) < 4.78 is 29.5. The van der Waals surface area contributed by atoms with Gasteiger partial charge in [-0.2, -0.15) is 0 Å². The number of nitrogens with one attached hydrogen (secondary N) is 1. The van der Waals surface area contributed by atoms with Gasteiger partial charge in [-0.3, -0.25) is 0 Å². The van der Waals surface area contributed by atoms with Crippen LogP contribution in [0.15, 0.2) is 29.2 Å². The van der Waals surface area contributed by atoms with Crippen LogP contribution in [0.3, 0.4) is 0 Å². The number of carbonyl (C=O) groups excluding carboxylic acids is 1. The van der Waals surface area contributed by atoms with Gasteiger partial charge in [0.1, 0.15) is 4.90 Å². The van der Waals surface area contributed by atoms with Gasteiger partial charge < -0.3 is 4.74 Å². The van der Waals surface area contributed by atoms with Gasteiger partial charge in [-0.1, -0.05) is 23.7 Å². The summed E-state index contributed by atoms with van der Waals surface area (Å²) in [5, 5.41) is 0.0410. The molecule has 1 aromatic carbocycles. The van der Waals surface area contributed by atoms with Gasteiger partial charge >= 0.3 is 6.09 Å². The molecule has 0 aliphatic heterocycles. The monoisotopic (exact) mass is 263 g/mol. The Morgan fingerprint density at radius 2 is 2.06 bits per heavy atom. The number of ether oxygens (including phenoxy) is 1. The molecule has 0 aromatic heterocycles. The number of halogens is 1. The van der Waals surface area contributed by atoms with Crippen molar-refractivity contribution in [1.82, 2.24) is 4.72 Å². The van der Waals surface area contributed by atoms with E-state index in [1.165, 1.54) is 18.2 Å². The van der Waals surface area contributed by atoms with Crippen LogP contribution in [0.1, 0.15) is 6.92 Å². The van der Waals surface area contributed by atoms with Crippen LogP contribution in [0.5, 0.6) is 0 Å². The summed E-state index contributed by atoms with van der Waals surface area (Å²) in [5.41, 5.74) is 0. The largest absolute Gasteiger partial charge is 0.449 e. The Hall–Kier alpha value is -1.27. The highest BCUT2D eigenvalue weighted by Gasteiger charge is 2.20. The first kappa shape index (κ1) is 12.8. The molecule has 0 aliphatic carbocycles. The van der Waals surface area contributed by atoms with Crippen LogP contribution in [0.4, 0.5) is 4.79 Å². The first-order valence-corrected chi connectivity index (χ1v) is 6.27. The van der Waals surface area contributed by atoms with E-state index in [9.17, 15) is 13.2 Å². The second kappa shape index (κ2) is 5.18. The average molecular weight is 264 g/mol. The number of amides is 1. The van der Waals surface area contributed by atoms with E-state index in [0.717, 1.165) is 0 Å². The number of sulfonamides is 1. The average Bonchev–Trinajstić information content (AvgIpc) is 2.17. The fourth-order valence-corrected chi connectivity index (χ4v) is 2.40. The normalized spacial score (nSPS) is 10.9. The van der Waals surface area contributed by atoms with Gasteiger partial charge in [-0.05, 0) is 19.1 Å². The maximum atomic E-state index is 11.6. The quantitative estimate of drug-likeness (QED) is 0.902. The lowest BCUT2D eigenvalue weighted by atomic mass is 10.4. The Labute approximate surface area is 98.4 Å². The Morgan fingerprint density at radius 1 is 1.44 bits per heavy atom. The fraction of sp³-hybridized carbons (Fsp3) is 0.222. The van der Waals surface area contributed by atoms with Gasteiger partial charge in [0.2, 0.25) is 0 Å². The van der Waals surface area contributed by atoms with E-state index in [0.29, 0.717) is 0 Å². The van der Waals surface area contributed by atoms with Gasteiger partial charge in [0.05, 0.1) is 11.6 Å². The summed E-state index contributed by atoms with van der Waals surface area (Å²) >= 11 is 5.70. The van der Waals surface area contributed by atoms with Crippen molar-refractivity contribution in [2.24, 2.45) is 0 Å². The zero-order valence-electron chi connectivity index (χ0n) is 8.44. The van der Waals surface area contributed by atoms with Gasteiger partial charge in [0.25, 0.3) is 10.0 Å². The summed E-state index contributed by atoms with van der Waals surface area (Å²) in [6.07, 6.45) is -1.03. The third kappa shape index (κ3) is 3.11. The highest BCUT2D eigenvalue weighted by Crippen LogP contribution is 2.19. The molecular formula is C9H10ClNO4S. The molecule has 0 spiro atoms. The lowest BCUT2D eigenvalue weighted by molar-refractivity contribution is 0.158. The minimum atomic E-state index is -3.97. The lowest BCUT2D eigenvalue weighted by Gasteiger charge is -2.07. The molecule has 5 nitrogen and oxygen atoms in total. The van der Waals surface area contributed by atoms with Crippen LogP contribution in [-0.2, 0) is 14.8 Å². The van der Waals surface area contributed by atoms with Gasteiger partial charge in [-0.15, -0.1) is 0 Å². The molecule has 0 atom stereocenters. The molecule has 1 amide bonds. The number of rotatable bonds is 3. The molecule has 1 N–H and O–H groups in total. The van der Waals surface area contributed by atoms with Gasteiger partial charge in [-0.25, -0.2) is 17.9 Å². The first-order valence-electron chi connectivity index (χ1n) is 4.41. The van der Waals surface area contributed by atoms with E-state index in [1.807, 2.05) is 0 Å². The molecule has 0 bridgehead atoms. The number of benzene rings is 1. The Kier molecular flexibility index (Phi) is 4.14. The summed E-state index contributed by atoms with van der Waals surface area (Å²) in [6.45, 7) is 1.66. The van der Waals surface area contributed by atoms with Crippen molar-refractivity contribution in [3.8, 4) is 0 Å². The van der Waals surface area contributed by atoms with Crippen molar-refractivity contribution in [3.63, 3.8) is 0 Å². The number of carbonyl (C=O) groups is 1. The Morgan fingerprint density at radius 3 is 2.62 bits per heavy atom. The van der Waals surface area contributed by atoms with Crippen molar-refractivity contribution < 1.29 is 17.9 Å². The summed E-state index contributed by atoms with van der Waals surface area (Å²) in [6, 6.07) is 5.81. The predicted molar refractivity (Wildman–Crippen MR) is 58.8 cm³/mol. The highest BCUT2D eigenvalue weighted by atomic mass is 35.5. The molecule has 0 saturated heterocycles. The summed E-state index contributed by atoms with van der Waals surface area (Å²) in [5.74, 6) is 0. The van der Waals surface area contributed by atoms with E-state index in [1.54, 1.807) is 17.7 Å². The molecular weight excluding hydrogens is 254 g/mol. The van der Waals surface area contributed by atoms with Crippen LogP contribution in [0.2, 0.25) is 5.02 Å². The van der Waals surface area contributed by atoms with Crippen LogP contribution in [0, 0.1) is 0 Å². The lowest BCUT2D eigenvalue weighted by Crippen LogP contribution is -2.31. The van der Waals surface area contributed by atoms with Crippen molar-refractivity contribution in [2.45, 2.75) is 11.8 Å². The maximum absolute atomic E-state index is 11.6. The molecule has 0 aliphatic rings. The summed E-state index contributed by atoms with van der Waals surface area (Å²) in [7, 11) is -3.97. The highest BCUT2D eigenvalue weighted by molar-refractivity contribution is 7.90. The predicted octanol–water partition coefficient (Wildman–Crippen LogP) is 1.77. The molecule has 0 fully saturated rings. The second-order valence-corrected chi connectivity index (χ2v) is 4.81. The Balaban J connectivity index is 2.95. The van der Waals surface area contributed by atoms with Crippen LogP contribution in [-0.4, -0.2) is 21.1 Å². The molecule has 1 rings (SSSR count). The maximum Gasteiger partial charge on any atom is 0.421 e. The van der Waals surface area contributed by atoms with Crippen molar-refractivity contribution >= 4 is 27.7 Å². The second-order valence-electron chi connectivity index (χ2n) is 2.76. The van der Waals surface area contributed by atoms with E-state index in [2.05, 4.69) is 4.74 Å². The SMILES string of the molecule is CCOC(=O)NS(=O)(=O)c1ccccc1Cl. The van der Waals surface area contributed by atoms with Crippen molar-refractivity contribution in [1.29, 1.82) is 0 Å². The van der Waals surface area contributed by atoms with E-state index in [-0.39, 0.29) is 16.5 Å². The van der Waals surface area contributed by atoms with Gasteiger partial charge in [0.15, 0.2) is 0 Å². The van der Waals surface area contributed by atoms with Crippen LogP contribution < -0.4 is 4.72 Å². The van der Waals surface area contributed by atoms with Crippen molar-refractivity contribution in [3.05, 3.63) is 29.3 Å². The number of hydrogen-bond acceptors (Lipinski definition) is 4. The van der Waals surface area contributed by atoms with E-state index >= 15 is 0 Å². The van der Waals surface area contributed by atoms with Gasteiger partial charge in [0, 0.05) is 0 Å². The van der Waals surface area contributed by atoms with Crippen molar-refractivity contribution in [2.75, 3.05) is 6.61 Å². The minimum Gasteiger partial charge on any atom is -0.449 e. The van der Waals surface area contributed by atoms with E-state index in [4.69, 9.17) is 11.6 Å². The molecule has 0 unspecified atom stereocenters. The smallest absolute Gasteiger partial charge is 0.421 e. The topological polar surface area (TPSA) is 72.5 Å². The zero-order valence-corrected chi connectivity index (χ0v) is 10.0. The number of hydrogen-bond donors (Lipinski definition) is 1. The van der Waals surface area contributed by atoms with Crippen LogP contribution >= 0.6 is 11.6 Å². The van der Waals surface area contributed by atoms with Crippen LogP contribution in [0.25, 0.3) is 0 Å². The Bertz CT molecular complexity index is 486. The standard InChI is InChI=1S/C9H10ClNO4S/c1-2-15-9(12)11-16(13,14)8-6-4-3-5-7(8)10/h3-6H,2H2,1H3,(H,11,12). The third-order valence-corrected chi connectivity index (χ3v) is 3.43. The molecule has 1 aromatic rings. The minimum absolute atomic E-state index is 0.0410. The molecule has 16 heavy (non-hydrogen) atoms. The first-order chi connectivity index (χ1) is 7.47. The molecule has 7 heteroatoms. The third-order valence-electron chi connectivity index (χ3n) is 1.62.